The topological polar surface area (TPSA) is 84.3 Å². The van der Waals surface area contributed by atoms with Crippen LogP contribution in [-0.4, -0.2) is 20.8 Å². The normalized spacial score (nSPS) is 12.3. The number of hydrogen-bond acceptors (Lipinski definition) is 4. The first kappa shape index (κ1) is 19.6. The van der Waals surface area contributed by atoms with Gasteiger partial charge >= 0.3 is 0 Å². The van der Waals surface area contributed by atoms with Gasteiger partial charge in [0.15, 0.2) is 0 Å². The fourth-order valence-electron chi connectivity index (χ4n) is 1.92. The molecule has 2 aromatic carbocycles. The van der Waals surface area contributed by atoms with Gasteiger partial charge in [-0.2, -0.15) is 0 Å². The molecule has 0 saturated heterocycles. The minimum absolute atomic E-state index is 0.0568. The van der Waals surface area contributed by atoms with Crippen LogP contribution in [0.5, 0.6) is 0 Å². The summed E-state index contributed by atoms with van der Waals surface area (Å²) in [6.45, 7) is 0. The van der Waals surface area contributed by atoms with Crippen LogP contribution < -0.4 is 10.6 Å². The van der Waals surface area contributed by atoms with Gasteiger partial charge in [0, 0.05) is 28.4 Å². The number of rotatable bonds is 5. The van der Waals surface area contributed by atoms with Gasteiger partial charge in [-0.3, -0.25) is 14.9 Å². The summed E-state index contributed by atoms with van der Waals surface area (Å²) >= 11 is 23.6. The second-order valence-electron chi connectivity index (χ2n) is 4.91. The molecule has 0 aliphatic rings. The summed E-state index contributed by atoms with van der Waals surface area (Å²) in [6, 6.07) is 11.8. The number of hydrogen-bond donors (Lipinski definition) is 2. The largest absolute Gasteiger partial charge is 0.362 e. The summed E-state index contributed by atoms with van der Waals surface area (Å²) in [6.07, 6.45) is -1.11. The molecule has 0 aliphatic carbocycles. The molecule has 0 fully saturated rings. The molecule has 10 heteroatoms. The zero-order valence-corrected chi connectivity index (χ0v) is 15.4. The SMILES string of the molecule is O=C(N[C@H](Nc1cccc(Cl)c1)C(Cl)(Cl)Cl)c1cccc([N+](=O)[O-])c1. The van der Waals surface area contributed by atoms with Crippen molar-refractivity contribution in [3.8, 4) is 0 Å². The summed E-state index contributed by atoms with van der Waals surface area (Å²) in [5.41, 5.74) is 0.352. The zero-order chi connectivity index (χ0) is 18.6. The Bertz CT molecular complexity index is 796. The first-order chi connectivity index (χ1) is 11.7. The Kier molecular flexibility index (Phi) is 6.35. The van der Waals surface area contributed by atoms with E-state index in [0.29, 0.717) is 10.7 Å². The maximum Gasteiger partial charge on any atom is 0.270 e. The number of halogens is 4. The number of nitro benzene ring substituents is 1. The fraction of sp³-hybridized carbons (Fsp3) is 0.133. The molecule has 0 aliphatic heterocycles. The van der Waals surface area contributed by atoms with Crippen LogP contribution in [0.2, 0.25) is 5.02 Å². The Hall–Kier alpha value is -1.73. The smallest absolute Gasteiger partial charge is 0.270 e. The van der Waals surface area contributed by atoms with Gasteiger partial charge in [0.2, 0.25) is 3.79 Å². The molecule has 25 heavy (non-hydrogen) atoms. The van der Waals surface area contributed by atoms with Gasteiger partial charge in [-0.1, -0.05) is 58.5 Å². The molecular formula is C15H11Cl4N3O3. The van der Waals surface area contributed by atoms with Gasteiger partial charge in [-0.05, 0) is 24.3 Å². The number of nitro groups is 1. The van der Waals surface area contributed by atoms with E-state index in [0.717, 1.165) is 6.07 Å². The number of carbonyl (C=O) groups excluding carboxylic acids is 1. The third-order valence-corrected chi connectivity index (χ3v) is 3.95. The number of carbonyl (C=O) groups is 1. The van der Waals surface area contributed by atoms with E-state index in [4.69, 9.17) is 46.4 Å². The predicted octanol–water partition coefficient (Wildman–Crippen LogP) is 4.79. The van der Waals surface area contributed by atoms with E-state index in [1.54, 1.807) is 24.3 Å². The molecule has 0 saturated carbocycles. The first-order valence-corrected chi connectivity index (χ1v) is 8.32. The highest BCUT2D eigenvalue weighted by Gasteiger charge is 2.34. The zero-order valence-electron chi connectivity index (χ0n) is 12.4. The van der Waals surface area contributed by atoms with Crippen molar-refractivity contribution in [3.05, 3.63) is 69.2 Å². The Morgan fingerprint density at radius 2 is 1.80 bits per heavy atom. The van der Waals surface area contributed by atoms with E-state index in [1.165, 1.54) is 18.2 Å². The maximum absolute atomic E-state index is 12.4. The molecule has 1 amide bonds. The van der Waals surface area contributed by atoms with Crippen LogP contribution in [0.1, 0.15) is 10.4 Å². The predicted molar refractivity (Wildman–Crippen MR) is 99.7 cm³/mol. The van der Waals surface area contributed by atoms with Gasteiger partial charge in [0.1, 0.15) is 6.17 Å². The lowest BCUT2D eigenvalue weighted by Crippen LogP contribution is -2.49. The van der Waals surface area contributed by atoms with E-state index < -0.39 is 20.8 Å². The van der Waals surface area contributed by atoms with Crippen LogP contribution >= 0.6 is 46.4 Å². The molecule has 0 aromatic heterocycles. The molecule has 0 unspecified atom stereocenters. The van der Waals surface area contributed by atoms with Gasteiger partial charge < -0.3 is 10.6 Å². The van der Waals surface area contributed by atoms with Crippen molar-refractivity contribution in [2.45, 2.75) is 9.96 Å². The minimum atomic E-state index is -1.89. The van der Waals surface area contributed by atoms with Crippen LogP contribution in [0.25, 0.3) is 0 Å². The minimum Gasteiger partial charge on any atom is -0.362 e. The van der Waals surface area contributed by atoms with Gasteiger partial charge in [0.25, 0.3) is 11.6 Å². The number of benzene rings is 2. The van der Waals surface area contributed by atoms with Gasteiger partial charge in [0.05, 0.1) is 4.92 Å². The lowest BCUT2D eigenvalue weighted by Gasteiger charge is -2.27. The Morgan fingerprint density at radius 1 is 1.12 bits per heavy atom. The summed E-state index contributed by atoms with van der Waals surface area (Å²) < 4.78 is -1.89. The number of nitrogens with zero attached hydrogens (tertiary/aromatic N) is 1. The molecule has 0 bridgehead atoms. The summed E-state index contributed by atoms with van der Waals surface area (Å²) in [5.74, 6) is -0.644. The highest BCUT2D eigenvalue weighted by molar-refractivity contribution is 6.68. The number of alkyl halides is 3. The molecule has 132 valence electrons. The van der Waals surface area contributed by atoms with Crippen LogP contribution in [0.3, 0.4) is 0 Å². The van der Waals surface area contributed by atoms with E-state index in [2.05, 4.69) is 10.6 Å². The first-order valence-electron chi connectivity index (χ1n) is 6.81. The summed E-state index contributed by atoms with van der Waals surface area (Å²) in [5, 5.41) is 16.6. The third kappa shape index (κ3) is 5.64. The number of nitrogens with one attached hydrogen (secondary N) is 2. The van der Waals surface area contributed by atoms with Crippen LogP contribution in [0.15, 0.2) is 48.5 Å². The molecule has 0 radical (unpaired) electrons. The number of anilines is 1. The molecule has 2 rings (SSSR count). The Balaban J connectivity index is 2.21. The average Bonchev–Trinajstić information content (AvgIpc) is 2.53. The summed E-state index contributed by atoms with van der Waals surface area (Å²) in [4.78, 5) is 22.6. The van der Waals surface area contributed by atoms with Gasteiger partial charge in [-0.25, -0.2) is 0 Å². The van der Waals surface area contributed by atoms with Crippen molar-refractivity contribution in [2.24, 2.45) is 0 Å². The van der Waals surface area contributed by atoms with Crippen LogP contribution in [0, 0.1) is 10.1 Å². The van der Waals surface area contributed by atoms with Crippen LogP contribution in [0.4, 0.5) is 11.4 Å². The molecule has 0 spiro atoms. The quantitative estimate of drug-likeness (QED) is 0.314. The highest BCUT2D eigenvalue weighted by atomic mass is 35.6. The molecular weight excluding hydrogens is 412 g/mol. The average molecular weight is 423 g/mol. The lowest BCUT2D eigenvalue weighted by atomic mass is 10.2. The van der Waals surface area contributed by atoms with Crippen LogP contribution in [-0.2, 0) is 0 Å². The van der Waals surface area contributed by atoms with E-state index >= 15 is 0 Å². The number of non-ortho nitro benzene ring substituents is 1. The van der Waals surface area contributed by atoms with Crippen molar-refractivity contribution >= 4 is 63.7 Å². The molecule has 6 nitrogen and oxygen atoms in total. The monoisotopic (exact) mass is 421 g/mol. The standard InChI is InChI=1S/C15H11Cl4N3O3/c16-10-4-2-5-11(8-10)20-14(15(17,18)19)21-13(23)9-3-1-6-12(7-9)22(24)25/h1-8,14,20H,(H,21,23)/t14-/m0/s1. The van der Waals surface area contributed by atoms with E-state index in [-0.39, 0.29) is 11.3 Å². The Morgan fingerprint density at radius 3 is 2.40 bits per heavy atom. The second-order valence-corrected chi connectivity index (χ2v) is 7.72. The van der Waals surface area contributed by atoms with Crippen molar-refractivity contribution in [1.29, 1.82) is 0 Å². The molecule has 2 N–H and O–H groups in total. The lowest BCUT2D eigenvalue weighted by molar-refractivity contribution is -0.384. The molecule has 0 heterocycles. The number of amides is 1. The van der Waals surface area contributed by atoms with Crippen molar-refractivity contribution in [1.82, 2.24) is 5.32 Å². The Labute approximate surface area is 163 Å². The van der Waals surface area contributed by atoms with Gasteiger partial charge in [-0.15, -0.1) is 0 Å². The second kappa shape index (κ2) is 8.10. The molecule has 1 atom stereocenters. The third-order valence-electron chi connectivity index (χ3n) is 3.06. The molecule has 2 aromatic rings. The maximum atomic E-state index is 12.4. The van der Waals surface area contributed by atoms with Crippen molar-refractivity contribution in [3.63, 3.8) is 0 Å². The highest BCUT2D eigenvalue weighted by Crippen LogP contribution is 2.31. The van der Waals surface area contributed by atoms with Crippen molar-refractivity contribution in [2.75, 3.05) is 5.32 Å². The van der Waals surface area contributed by atoms with E-state index in [1.807, 2.05) is 0 Å². The van der Waals surface area contributed by atoms with Crippen molar-refractivity contribution < 1.29 is 9.72 Å². The fourth-order valence-corrected chi connectivity index (χ4v) is 2.44. The van der Waals surface area contributed by atoms with E-state index in [9.17, 15) is 14.9 Å². The summed E-state index contributed by atoms with van der Waals surface area (Å²) in [7, 11) is 0.